The summed E-state index contributed by atoms with van der Waals surface area (Å²) in [4.78, 5) is 60.7. The second kappa shape index (κ2) is 14.6. The summed E-state index contributed by atoms with van der Waals surface area (Å²) in [6.45, 7) is -0.235. The normalized spacial score (nSPS) is 17.5. The molecular weight excluding hydrogens is 648 g/mol. The zero-order chi connectivity index (χ0) is 34.5. The van der Waals surface area contributed by atoms with Crippen molar-refractivity contribution < 1.29 is 28.7 Å². The number of hydrazine groups is 1. The van der Waals surface area contributed by atoms with E-state index in [4.69, 9.17) is 10.5 Å². The highest BCUT2D eigenvalue weighted by molar-refractivity contribution is 7.22. The van der Waals surface area contributed by atoms with Crippen LogP contribution in [0.1, 0.15) is 16.7 Å². The van der Waals surface area contributed by atoms with E-state index in [1.54, 1.807) is 34.2 Å². The number of nitrogen functional groups attached to an aromatic ring is 1. The lowest BCUT2D eigenvalue weighted by Gasteiger charge is -2.46. The number of carbonyl (C=O) groups excluding carboxylic acids is 4. The average Bonchev–Trinajstić information content (AvgIpc) is 3.66. The van der Waals surface area contributed by atoms with Crippen molar-refractivity contribution in [2.24, 2.45) is 0 Å². The van der Waals surface area contributed by atoms with Gasteiger partial charge < -0.3 is 30.3 Å². The van der Waals surface area contributed by atoms with Crippen molar-refractivity contribution in [3.63, 3.8) is 0 Å². The first-order valence-corrected chi connectivity index (χ1v) is 16.3. The van der Waals surface area contributed by atoms with Gasteiger partial charge in [0.25, 0.3) is 0 Å². The zero-order valence-electron chi connectivity index (χ0n) is 26.7. The number of hydrogen-bond donors (Lipinski definition) is 2. The van der Waals surface area contributed by atoms with Crippen LogP contribution in [-0.4, -0.2) is 94.2 Å². The van der Waals surface area contributed by atoms with Gasteiger partial charge in [0, 0.05) is 19.5 Å². The van der Waals surface area contributed by atoms with E-state index >= 15 is 0 Å². The zero-order valence-corrected chi connectivity index (χ0v) is 27.5. The largest absolute Gasteiger partial charge is 0.482 e. The summed E-state index contributed by atoms with van der Waals surface area (Å²) >= 11 is 1.35. The van der Waals surface area contributed by atoms with E-state index in [1.165, 1.54) is 28.4 Å². The molecule has 2 saturated heterocycles. The Balaban J connectivity index is 1.29. The SMILES string of the molecule is COC(=O)COc1ccc(C[C@H]2C(=O)N(Cc3cccc4sc(N)nc34)C[C@H]3N2C(=O)CN3N(CC#N)C(=O)NCc2ccccc2)cc1. The van der Waals surface area contributed by atoms with Crippen molar-refractivity contribution in [3.05, 3.63) is 89.5 Å². The predicted octanol–water partition coefficient (Wildman–Crippen LogP) is 2.50. The Morgan fingerprint density at radius 1 is 1.08 bits per heavy atom. The van der Waals surface area contributed by atoms with E-state index < -0.39 is 24.2 Å². The first-order valence-electron chi connectivity index (χ1n) is 15.5. The number of aromatic nitrogens is 1. The molecule has 6 rings (SSSR count). The van der Waals surface area contributed by atoms with Crippen molar-refractivity contribution in [2.45, 2.75) is 31.7 Å². The molecule has 3 heterocycles. The minimum absolute atomic E-state index is 0.0886. The summed E-state index contributed by atoms with van der Waals surface area (Å²) in [7, 11) is 1.27. The van der Waals surface area contributed by atoms with E-state index in [0.29, 0.717) is 16.4 Å². The lowest BCUT2D eigenvalue weighted by atomic mass is 9.99. The number of methoxy groups -OCH3 is 1. The highest BCUT2D eigenvalue weighted by atomic mass is 32.1. The Hall–Kier alpha value is -5.72. The number of para-hydroxylation sites is 1. The Bertz CT molecular complexity index is 1900. The van der Waals surface area contributed by atoms with Gasteiger partial charge in [-0.25, -0.2) is 19.6 Å². The van der Waals surface area contributed by atoms with Crippen LogP contribution >= 0.6 is 11.3 Å². The number of hydrogen-bond acceptors (Lipinski definition) is 11. The van der Waals surface area contributed by atoms with Crippen LogP contribution in [0.4, 0.5) is 9.93 Å². The number of esters is 1. The third-order valence-electron chi connectivity index (χ3n) is 8.44. The van der Waals surface area contributed by atoms with Crippen LogP contribution in [0, 0.1) is 11.3 Å². The standard InChI is InChI=1S/C34H34N8O6S/c1-47-30(44)21-48-25-12-10-22(11-13-25)16-26-32(45)39(18-24-8-5-9-27-31(24)38-33(36)49-27)19-28-41(20-29(43)42(26)28)40(15-14-35)34(46)37-17-23-6-3-2-4-7-23/h2-13,26,28H,15-21H2,1H3,(H2,36,38)(H,37,46)/t26-,28+/m0/s1. The summed E-state index contributed by atoms with van der Waals surface area (Å²) in [6.07, 6.45) is -0.553. The quantitative estimate of drug-likeness (QED) is 0.177. The number of nitrogens with one attached hydrogen (secondary N) is 1. The number of fused-ring (bicyclic) bond motifs is 2. The molecule has 3 aromatic carbocycles. The van der Waals surface area contributed by atoms with E-state index in [-0.39, 0.29) is 57.6 Å². The molecule has 15 heteroatoms. The number of rotatable bonds is 11. The van der Waals surface area contributed by atoms with Gasteiger partial charge in [0.15, 0.2) is 11.7 Å². The van der Waals surface area contributed by atoms with Crippen LogP contribution in [0.5, 0.6) is 5.75 Å². The molecule has 49 heavy (non-hydrogen) atoms. The lowest BCUT2D eigenvalue weighted by molar-refractivity contribution is -0.157. The molecule has 252 valence electrons. The summed E-state index contributed by atoms with van der Waals surface area (Å²) < 4.78 is 11.0. The lowest BCUT2D eigenvalue weighted by Crippen LogP contribution is -2.66. The van der Waals surface area contributed by atoms with Gasteiger partial charge in [-0.15, -0.1) is 0 Å². The number of amides is 4. The number of anilines is 1. The molecule has 4 aromatic rings. The van der Waals surface area contributed by atoms with Crippen molar-refractivity contribution in [1.82, 2.24) is 30.1 Å². The number of piperazine rings is 1. The number of nitriles is 1. The van der Waals surface area contributed by atoms with Gasteiger partial charge >= 0.3 is 12.0 Å². The Morgan fingerprint density at radius 2 is 1.86 bits per heavy atom. The number of thiazole rings is 1. The fourth-order valence-electron chi connectivity index (χ4n) is 6.10. The number of benzene rings is 3. The number of urea groups is 1. The predicted molar refractivity (Wildman–Crippen MR) is 179 cm³/mol. The second-order valence-corrected chi connectivity index (χ2v) is 12.6. The van der Waals surface area contributed by atoms with Crippen molar-refractivity contribution in [2.75, 3.05) is 39.1 Å². The van der Waals surface area contributed by atoms with E-state index in [1.807, 2.05) is 54.6 Å². The minimum Gasteiger partial charge on any atom is -0.482 e. The maximum Gasteiger partial charge on any atom is 0.343 e. The molecule has 0 saturated carbocycles. The van der Waals surface area contributed by atoms with Crippen molar-refractivity contribution in [1.29, 1.82) is 5.26 Å². The topological polar surface area (TPSA) is 174 Å². The molecule has 0 spiro atoms. The molecule has 3 N–H and O–H groups in total. The number of ether oxygens (including phenoxy) is 2. The summed E-state index contributed by atoms with van der Waals surface area (Å²) in [6, 6.07) is 22.5. The second-order valence-electron chi connectivity index (χ2n) is 11.5. The fraction of sp³-hybridized carbons (Fsp3) is 0.294. The van der Waals surface area contributed by atoms with Gasteiger partial charge in [-0.05, 0) is 34.9 Å². The Kier molecular flexibility index (Phi) is 9.88. The maximum absolute atomic E-state index is 14.3. The maximum atomic E-state index is 14.3. The summed E-state index contributed by atoms with van der Waals surface area (Å²) in [5.41, 5.74) is 9.13. The number of nitrogens with zero attached hydrogens (tertiary/aromatic N) is 6. The summed E-state index contributed by atoms with van der Waals surface area (Å²) in [5, 5.41) is 15.8. The molecule has 0 bridgehead atoms. The molecule has 2 atom stereocenters. The highest BCUT2D eigenvalue weighted by Gasteiger charge is 2.52. The molecule has 14 nitrogen and oxygen atoms in total. The number of carbonyl (C=O) groups is 4. The molecule has 2 aliphatic heterocycles. The fourth-order valence-corrected chi connectivity index (χ4v) is 6.89. The van der Waals surface area contributed by atoms with Crippen LogP contribution in [0.2, 0.25) is 0 Å². The molecule has 1 aromatic heterocycles. The molecule has 2 fully saturated rings. The van der Waals surface area contributed by atoms with E-state index in [9.17, 15) is 24.4 Å². The first kappa shape index (κ1) is 33.2. The molecule has 0 aliphatic carbocycles. The first-order chi connectivity index (χ1) is 23.7. The number of nitrogens with two attached hydrogens (primary N) is 1. The van der Waals surface area contributed by atoms with Gasteiger partial charge in [-0.2, -0.15) is 10.3 Å². The summed E-state index contributed by atoms with van der Waals surface area (Å²) in [5.74, 6) is -0.682. The molecule has 4 amide bonds. The van der Waals surface area contributed by atoms with Gasteiger partial charge in [0.05, 0.1) is 36.5 Å². The molecule has 0 unspecified atom stereocenters. The van der Waals surface area contributed by atoms with Gasteiger partial charge in [-0.3, -0.25) is 9.59 Å². The van der Waals surface area contributed by atoms with Crippen LogP contribution in [0.15, 0.2) is 72.8 Å². The van der Waals surface area contributed by atoms with Crippen LogP contribution in [0.3, 0.4) is 0 Å². The van der Waals surface area contributed by atoms with Crippen LogP contribution in [0.25, 0.3) is 10.2 Å². The van der Waals surface area contributed by atoms with Crippen LogP contribution < -0.4 is 15.8 Å². The van der Waals surface area contributed by atoms with Gasteiger partial charge in [0.2, 0.25) is 11.8 Å². The van der Waals surface area contributed by atoms with E-state index in [0.717, 1.165) is 21.4 Å². The highest BCUT2D eigenvalue weighted by Crippen LogP contribution is 2.32. The smallest absolute Gasteiger partial charge is 0.343 e. The minimum atomic E-state index is -0.908. The van der Waals surface area contributed by atoms with E-state index in [2.05, 4.69) is 15.0 Å². The molecular formula is C34H34N8O6S. The van der Waals surface area contributed by atoms with Crippen LogP contribution in [-0.2, 0) is 38.6 Å². The Morgan fingerprint density at radius 3 is 2.59 bits per heavy atom. The average molecular weight is 683 g/mol. The van der Waals surface area contributed by atoms with Crippen molar-refractivity contribution >= 4 is 50.5 Å². The van der Waals surface area contributed by atoms with Gasteiger partial charge in [0.1, 0.15) is 24.5 Å². The van der Waals surface area contributed by atoms with Gasteiger partial charge in [-0.1, -0.05) is 65.9 Å². The monoisotopic (exact) mass is 682 g/mol. The van der Waals surface area contributed by atoms with Crippen molar-refractivity contribution in [3.8, 4) is 11.8 Å². The third kappa shape index (κ3) is 7.25. The third-order valence-corrected chi connectivity index (χ3v) is 9.28. The molecule has 2 aliphatic rings. The Labute approximate surface area is 286 Å². The molecule has 0 radical (unpaired) electrons.